The van der Waals surface area contributed by atoms with Crippen molar-refractivity contribution in [2.75, 3.05) is 0 Å². The van der Waals surface area contributed by atoms with E-state index in [2.05, 4.69) is 24.9 Å². The lowest BCUT2D eigenvalue weighted by Gasteiger charge is -2.19. The summed E-state index contributed by atoms with van der Waals surface area (Å²) in [6, 6.07) is 2.27. The van der Waals surface area contributed by atoms with Crippen LogP contribution in [0.3, 0.4) is 0 Å². The van der Waals surface area contributed by atoms with Gasteiger partial charge in [0.15, 0.2) is 0 Å². The molecule has 0 spiro atoms. The van der Waals surface area contributed by atoms with Crippen molar-refractivity contribution in [3.05, 3.63) is 0 Å². The molecule has 0 aliphatic carbocycles. The third-order valence-corrected chi connectivity index (χ3v) is 6.49. The Hall–Kier alpha value is -0.663. The first-order valence-electron chi connectivity index (χ1n) is 6.20. The van der Waals surface area contributed by atoms with Crippen molar-refractivity contribution >= 4 is 8.07 Å². The van der Waals surface area contributed by atoms with Crippen LogP contribution >= 0.6 is 0 Å². The molecule has 84 valence electrons. The maximum Gasteiger partial charge on any atom is 0.216 e. The van der Waals surface area contributed by atoms with Gasteiger partial charge in [0.25, 0.3) is 0 Å². The molecule has 0 fully saturated rings. The van der Waals surface area contributed by atoms with E-state index in [1.165, 1.54) is 38.5 Å². The van der Waals surface area contributed by atoms with Crippen molar-refractivity contribution in [2.24, 2.45) is 0 Å². The minimum Gasteiger partial charge on any atom is -0.126 e. The summed E-state index contributed by atoms with van der Waals surface area (Å²) in [4.78, 5) is 0. The van der Waals surface area contributed by atoms with Crippen molar-refractivity contribution < 1.29 is 0 Å². The van der Waals surface area contributed by atoms with Crippen LogP contribution in [0, 0.1) is 23.9 Å². The van der Waals surface area contributed by atoms with E-state index in [0.29, 0.717) is 0 Å². The Labute approximate surface area is 96.9 Å². The zero-order valence-corrected chi connectivity index (χ0v) is 11.3. The molecule has 0 saturated carbocycles. The number of hydrogen-bond donors (Lipinski definition) is 0. The standard InChI is InChI=1S/C14H24Si/c1-5-9-11-13-15(7-3,8-4)14-12-10-6-2/h3-4H,5-6,9-14H2,1-2H3. The van der Waals surface area contributed by atoms with Gasteiger partial charge in [-0.3, -0.25) is 0 Å². The van der Waals surface area contributed by atoms with Gasteiger partial charge in [-0.1, -0.05) is 52.4 Å². The van der Waals surface area contributed by atoms with Crippen LogP contribution < -0.4 is 0 Å². The Bertz CT molecular complexity index is 203. The summed E-state index contributed by atoms with van der Waals surface area (Å²) in [6.45, 7) is 4.43. The topological polar surface area (TPSA) is 0 Å². The molecular formula is C14H24Si. The molecule has 0 heterocycles. The van der Waals surface area contributed by atoms with Crippen LogP contribution in [0.1, 0.15) is 52.4 Å². The maximum atomic E-state index is 5.65. The van der Waals surface area contributed by atoms with E-state index in [-0.39, 0.29) is 0 Å². The van der Waals surface area contributed by atoms with Crippen molar-refractivity contribution in [1.82, 2.24) is 0 Å². The molecule has 0 aromatic heterocycles. The maximum absolute atomic E-state index is 5.65. The van der Waals surface area contributed by atoms with Crippen LogP contribution in [0.4, 0.5) is 0 Å². The van der Waals surface area contributed by atoms with Gasteiger partial charge in [-0.15, -0.1) is 23.9 Å². The second-order valence-electron chi connectivity index (χ2n) is 4.28. The molecule has 0 saturated heterocycles. The normalized spacial score (nSPS) is 10.7. The van der Waals surface area contributed by atoms with E-state index < -0.39 is 8.07 Å². The van der Waals surface area contributed by atoms with Gasteiger partial charge in [0, 0.05) is 0 Å². The van der Waals surface area contributed by atoms with Gasteiger partial charge in [-0.2, -0.15) is 0 Å². The molecule has 0 radical (unpaired) electrons. The molecule has 0 aliphatic heterocycles. The molecule has 0 N–H and O–H groups in total. The Kier molecular flexibility index (Phi) is 8.25. The monoisotopic (exact) mass is 220 g/mol. The van der Waals surface area contributed by atoms with Gasteiger partial charge in [0.2, 0.25) is 8.07 Å². The van der Waals surface area contributed by atoms with Crippen molar-refractivity contribution in [3.63, 3.8) is 0 Å². The highest BCUT2D eigenvalue weighted by molar-refractivity contribution is 6.94. The first-order valence-corrected chi connectivity index (χ1v) is 8.61. The zero-order chi connectivity index (χ0) is 11.6. The number of unbranched alkanes of at least 4 members (excludes halogenated alkanes) is 4. The highest BCUT2D eigenvalue weighted by Crippen LogP contribution is 2.21. The summed E-state index contributed by atoms with van der Waals surface area (Å²) in [6.07, 6.45) is 18.8. The van der Waals surface area contributed by atoms with E-state index in [9.17, 15) is 0 Å². The summed E-state index contributed by atoms with van der Waals surface area (Å²) < 4.78 is 0. The van der Waals surface area contributed by atoms with Gasteiger partial charge < -0.3 is 0 Å². The summed E-state index contributed by atoms with van der Waals surface area (Å²) in [7, 11) is -1.76. The van der Waals surface area contributed by atoms with E-state index >= 15 is 0 Å². The molecule has 0 bridgehead atoms. The molecule has 1 heteroatoms. The predicted octanol–water partition coefficient (Wildman–Crippen LogP) is 4.16. The summed E-state index contributed by atoms with van der Waals surface area (Å²) >= 11 is 0. The molecular weight excluding hydrogens is 196 g/mol. The van der Waals surface area contributed by atoms with E-state index in [1.54, 1.807) is 0 Å². The lowest BCUT2D eigenvalue weighted by Crippen LogP contribution is -2.30. The minimum atomic E-state index is -1.76. The highest BCUT2D eigenvalue weighted by Gasteiger charge is 2.27. The van der Waals surface area contributed by atoms with Crippen LogP contribution in [-0.2, 0) is 0 Å². The summed E-state index contributed by atoms with van der Waals surface area (Å²) in [5.74, 6) is 0. The Morgan fingerprint density at radius 2 is 1.20 bits per heavy atom. The van der Waals surface area contributed by atoms with Crippen molar-refractivity contribution in [3.8, 4) is 23.9 Å². The third-order valence-electron chi connectivity index (χ3n) is 2.97. The lowest BCUT2D eigenvalue weighted by molar-refractivity contribution is 0.745. The highest BCUT2D eigenvalue weighted by atomic mass is 28.3. The van der Waals surface area contributed by atoms with E-state index in [4.69, 9.17) is 12.8 Å². The quantitative estimate of drug-likeness (QED) is 0.327. The van der Waals surface area contributed by atoms with E-state index in [0.717, 1.165) is 12.1 Å². The van der Waals surface area contributed by atoms with Gasteiger partial charge in [-0.05, 0) is 12.1 Å². The Morgan fingerprint density at radius 3 is 1.47 bits per heavy atom. The fourth-order valence-corrected chi connectivity index (χ4v) is 4.43. The fraction of sp³-hybridized carbons (Fsp3) is 0.714. The average Bonchev–Trinajstić information content (AvgIpc) is 2.28. The number of terminal acetylenes is 2. The third kappa shape index (κ3) is 5.70. The molecule has 0 aromatic carbocycles. The van der Waals surface area contributed by atoms with Gasteiger partial charge >= 0.3 is 0 Å². The Morgan fingerprint density at radius 1 is 0.800 bits per heavy atom. The van der Waals surface area contributed by atoms with E-state index in [1.807, 2.05) is 0 Å². The van der Waals surface area contributed by atoms with Gasteiger partial charge in [0.05, 0.1) is 0 Å². The molecule has 0 nitrogen and oxygen atoms in total. The molecule has 0 amide bonds. The molecule has 0 aliphatic rings. The number of hydrogen-bond acceptors (Lipinski definition) is 0. The molecule has 15 heavy (non-hydrogen) atoms. The molecule has 0 rings (SSSR count). The zero-order valence-electron chi connectivity index (χ0n) is 10.3. The first kappa shape index (κ1) is 14.3. The number of rotatable bonds is 8. The second-order valence-corrected chi connectivity index (χ2v) is 8.03. The SMILES string of the molecule is C#C[Si](C#C)(CCCCC)CCCCC. The van der Waals surface area contributed by atoms with Crippen LogP contribution in [0.2, 0.25) is 12.1 Å². The first-order chi connectivity index (χ1) is 7.24. The molecule has 0 aromatic rings. The van der Waals surface area contributed by atoms with Crippen LogP contribution in [0.15, 0.2) is 0 Å². The van der Waals surface area contributed by atoms with Crippen molar-refractivity contribution in [1.29, 1.82) is 0 Å². The summed E-state index contributed by atoms with van der Waals surface area (Å²) in [5.41, 5.74) is 5.97. The van der Waals surface area contributed by atoms with Gasteiger partial charge in [0.1, 0.15) is 0 Å². The van der Waals surface area contributed by atoms with Crippen LogP contribution in [0.5, 0.6) is 0 Å². The largest absolute Gasteiger partial charge is 0.216 e. The van der Waals surface area contributed by atoms with Crippen LogP contribution in [-0.4, -0.2) is 8.07 Å². The van der Waals surface area contributed by atoms with Crippen LogP contribution in [0.25, 0.3) is 0 Å². The minimum absolute atomic E-state index is 1.14. The molecule has 0 atom stereocenters. The fourth-order valence-electron chi connectivity index (χ4n) is 1.81. The van der Waals surface area contributed by atoms with Crippen molar-refractivity contribution in [2.45, 2.75) is 64.5 Å². The summed E-state index contributed by atoms with van der Waals surface area (Å²) in [5, 5.41) is 0. The Balaban J connectivity index is 4.09. The predicted molar refractivity (Wildman–Crippen MR) is 72.1 cm³/mol. The second kappa shape index (κ2) is 8.63. The van der Waals surface area contributed by atoms with Gasteiger partial charge in [-0.25, -0.2) is 0 Å². The molecule has 0 unspecified atom stereocenters. The lowest BCUT2D eigenvalue weighted by atomic mass is 10.3. The smallest absolute Gasteiger partial charge is 0.126 e. The average molecular weight is 220 g/mol.